The molecule has 0 saturated carbocycles. The zero-order chi connectivity index (χ0) is 26.3. The molecule has 0 bridgehead atoms. The quantitative estimate of drug-likeness (QED) is 0.386. The lowest BCUT2D eigenvalue weighted by Gasteiger charge is -2.16. The highest BCUT2D eigenvalue weighted by molar-refractivity contribution is 7.92. The van der Waals surface area contributed by atoms with Gasteiger partial charge in [0.1, 0.15) is 22.8 Å². The first-order valence-electron chi connectivity index (χ1n) is 11.4. The molecule has 190 valence electrons. The Balaban J connectivity index is 1.89. The number of aryl methyl sites for hydroxylation is 1. The number of anilines is 1. The maximum absolute atomic E-state index is 13.3. The number of hydrogen-bond donors (Lipinski definition) is 2. The number of aromatic nitrogens is 4. The second-order valence-corrected chi connectivity index (χ2v) is 10.9. The molecular formula is C25H29N5O5S. The van der Waals surface area contributed by atoms with Gasteiger partial charge in [-0.1, -0.05) is 32.9 Å². The van der Waals surface area contributed by atoms with Gasteiger partial charge in [-0.05, 0) is 37.3 Å². The number of benzene rings is 2. The summed E-state index contributed by atoms with van der Waals surface area (Å²) < 4.78 is 41.6. The molecule has 36 heavy (non-hydrogen) atoms. The standard InChI is InChI=1S/C25H29N5O5S/c1-7-35-18-13-12-15(36(32,33)29-17-10-8-9-11-19(17)34-6)14-16(18)23-26-20-21(24(31)27-23)30(5)28-22(20)25(2,3)4/h8-14,29H,7H2,1-6H3,(H,26,27,31). The summed E-state index contributed by atoms with van der Waals surface area (Å²) in [4.78, 5) is 20.5. The number of H-pyrrole nitrogens is 1. The molecule has 0 aliphatic carbocycles. The lowest BCUT2D eigenvalue weighted by molar-refractivity contribution is 0.341. The van der Waals surface area contributed by atoms with Crippen LogP contribution in [0, 0.1) is 0 Å². The smallest absolute Gasteiger partial charge is 0.277 e. The third-order valence-corrected chi connectivity index (χ3v) is 6.93. The van der Waals surface area contributed by atoms with Crippen LogP contribution in [0.15, 0.2) is 52.2 Å². The van der Waals surface area contributed by atoms with Gasteiger partial charge in [0.15, 0.2) is 5.52 Å². The van der Waals surface area contributed by atoms with Crippen LogP contribution in [0.2, 0.25) is 0 Å². The second kappa shape index (κ2) is 9.30. The van der Waals surface area contributed by atoms with Crippen molar-refractivity contribution in [3.8, 4) is 22.9 Å². The van der Waals surface area contributed by atoms with Crippen molar-refractivity contribution < 1.29 is 17.9 Å². The van der Waals surface area contributed by atoms with Gasteiger partial charge in [0.2, 0.25) is 0 Å². The van der Waals surface area contributed by atoms with E-state index in [-0.39, 0.29) is 21.7 Å². The number of fused-ring (bicyclic) bond motifs is 1. The number of methoxy groups -OCH3 is 1. The van der Waals surface area contributed by atoms with Crippen LogP contribution >= 0.6 is 0 Å². The average molecular weight is 512 g/mol. The SMILES string of the molecule is CCOc1ccc(S(=O)(=O)Nc2ccccc2OC)cc1-c1nc2c(C(C)(C)C)nn(C)c2c(=O)[nH]1. The van der Waals surface area contributed by atoms with Crippen molar-refractivity contribution in [2.75, 3.05) is 18.4 Å². The summed E-state index contributed by atoms with van der Waals surface area (Å²) in [6.07, 6.45) is 0. The third kappa shape index (κ3) is 4.66. The highest BCUT2D eigenvalue weighted by Gasteiger charge is 2.26. The summed E-state index contributed by atoms with van der Waals surface area (Å²) in [7, 11) is -0.856. The van der Waals surface area contributed by atoms with Crippen molar-refractivity contribution in [1.82, 2.24) is 19.7 Å². The summed E-state index contributed by atoms with van der Waals surface area (Å²) in [5, 5.41) is 4.52. The number of hydrogen-bond acceptors (Lipinski definition) is 7. The van der Waals surface area contributed by atoms with E-state index < -0.39 is 10.0 Å². The van der Waals surface area contributed by atoms with Crippen LogP contribution < -0.4 is 19.8 Å². The Labute approximate surface area is 209 Å². The van der Waals surface area contributed by atoms with E-state index >= 15 is 0 Å². The predicted octanol–water partition coefficient (Wildman–Crippen LogP) is 3.83. The average Bonchev–Trinajstić information content (AvgIpc) is 3.17. The van der Waals surface area contributed by atoms with Gasteiger partial charge >= 0.3 is 0 Å². The van der Waals surface area contributed by atoms with E-state index in [0.29, 0.717) is 46.1 Å². The van der Waals surface area contributed by atoms with Crippen LogP contribution in [0.4, 0.5) is 5.69 Å². The van der Waals surface area contributed by atoms with Crippen molar-refractivity contribution >= 4 is 26.7 Å². The van der Waals surface area contributed by atoms with E-state index in [1.165, 1.54) is 23.9 Å². The minimum atomic E-state index is -4.01. The molecule has 0 spiro atoms. The first-order chi connectivity index (χ1) is 17.0. The number of ether oxygens (including phenoxy) is 2. The summed E-state index contributed by atoms with van der Waals surface area (Å²) in [5.74, 6) is 0.955. The molecule has 10 nitrogen and oxygen atoms in total. The van der Waals surface area contributed by atoms with E-state index in [4.69, 9.17) is 14.5 Å². The molecular weight excluding hydrogens is 482 g/mol. The van der Waals surface area contributed by atoms with Gasteiger partial charge in [0.25, 0.3) is 15.6 Å². The Bertz CT molecular complexity index is 1600. The number of nitrogens with zero attached hydrogens (tertiary/aromatic N) is 3. The van der Waals surface area contributed by atoms with Gasteiger partial charge in [-0.15, -0.1) is 0 Å². The van der Waals surface area contributed by atoms with Crippen LogP contribution in [0.3, 0.4) is 0 Å². The number of para-hydroxylation sites is 2. The molecule has 2 aromatic heterocycles. The molecule has 0 unspecified atom stereocenters. The van der Waals surface area contributed by atoms with Crippen molar-refractivity contribution in [1.29, 1.82) is 0 Å². The minimum absolute atomic E-state index is 0.0307. The zero-order valence-corrected chi connectivity index (χ0v) is 21.9. The van der Waals surface area contributed by atoms with Gasteiger partial charge in [-0.3, -0.25) is 14.2 Å². The lowest BCUT2D eigenvalue weighted by atomic mass is 9.91. The molecule has 0 amide bonds. The molecule has 2 aromatic carbocycles. The van der Waals surface area contributed by atoms with Crippen LogP contribution in [-0.2, 0) is 22.5 Å². The lowest BCUT2D eigenvalue weighted by Crippen LogP contribution is -2.16. The summed E-state index contributed by atoms with van der Waals surface area (Å²) in [5.41, 5.74) is 1.32. The Hall–Kier alpha value is -3.86. The molecule has 2 heterocycles. The van der Waals surface area contributed by atoms with Crippen molar-refractivity contribution in [2.45, 2.75) is 38.0 Å². The topological polar surface area (TPSA) is 128 Å². The van der Waals surface area contributed by atoms with Crippen LogP contribution in [0.1, 0.15) is 33.4 Å². The van der Waals surface area contributed by atoms with E-state index in [9.17, 15) is 13.2 Å². The molecule has 4 rings (SSSR count). The molecule has 11 heteroatoms. The van der Waals surface area contributed by atoms with E-state index in [0.717, 1.165) is 0 Å². The van der Waals surface area contributed by atoms with Gasteiger partial charge in [-0.25, -0.2) is 13.4 Å². The molecule has 0 saturated heterocycles. The molecule has 4 aromatic rings. The number of aromatic amines is 1. The van der Waals surface area contributed by atoms with E-state index in [2.05, 4.69) is 14.8 Å². The van der Waals surface area contributed by atoms with E-state index in [1.54, 1.807) is 37.4 Å². The first kappa shape index (κ1) is 25.2. The minimum Gasteiger partial charge on any atom is -0.495 e. The number of sulfonamides is 1. The van der Waals surface area contributed by atoms with Gasteiger partial charge < -0.3 is 14.5 Å². The number of rotatable bonds is 7. The fourth-order valence-corrected chi connectivity index (χ4v) is 4.98. The van der Waals surface area contributed by atoms with Crippen LogP contribution in [0.25, 0.3) is 22.4 Å². The van der Waals surface area contributed by atoms with E-state index in [1.807, 2.05) is 27.7 Å². The zero-order valence-electron chi connectivity index (χ0n) is 21.0. The van der Waals surface area contributed by atoms with Gasteiger partial charge in [0.05, 0.1) is 35.6 Å². The molecule has 2 N–H and O–H groups in total. The maximum Gasteiger partial charge on any atom is 0.277 e. The Morgan fingerprint density at radius 1 is 1.11 bits per heavy atom. The highest BCUT2D eigenvalue weighted by atomic mass is 32.2. The molecule has 0 radical (unpaired) electrons. The molecule has 0 aliphatic rings. The Morgan fingerprint density at radius 2 is 1.83 bits per heavy atom. The summed E-state index contributed by atoms with van der Waals surface area (Å²) in [6.45, 7) is 8.11. The number of nitrogens with one attached hydrogen (secondary N) is 2. The van der Waals surface area contributed by atoms with Gasteiger partial charge in [0, 0.05) is 12.5 Å². The fourth-order valence-electron chi connectivity index (χ4n) is 3.89. The van der Waals surface area contributed by atoms with Crippen molar-refractivity contribution in [2.24, 2.45) is 7.05 Å². The maximum atomic E-state index is 13.3. The summed E-state index contributed by atoms with van der Waals surface area (Å²) >= 11 is 0. The van der Waals surface area contributed by atoms with Crippen LogP contribution in [0.5, 0.6) is 11.5 Å². The third-order valence-electron chi connectivity index (χ3n) is 5.57. The molecule has 0 fully saturated rings. The Kier molecular flexibility index (Phi) is 6.52. The second-order valence-electron chi connectivity index (χ2n) is 9.23. The normalized spacial score (nSPS) is 12.1. The highest BCUT2D eigenvalue weighted by Crippen LogP contribution is 2.34. The monoisotopic (exact) mass is 511 g/mol. The first-order valence-corrected chi connectivity index (χ1v) is 12.8. The van der Waals surface area contributed by atoms with Gasteiger partial charge in [-0.2, -0.15) is 5.10 Å². The Morgan fingerprint density at radius 3 is 2.50 bits per heavy atom. The fraction of sp³-hybridized carbons (Fsp3) is 0.320. The van der Waals surface area contributed by atoms with Crippen molar-refractivity contribution in [3.63, 3.8) is 0 Å². The van der Waals surface area contributed by atoms with Crippen LogP contribution in [-0.4, -0.2) is 41.9 Å². The van der Waals surface area contributed by atoms with Crippen molar-refractivity contribution in [3.05, 3.63) is 58.5 Å². The molecule has 0 aliphatic heterocycles. The summed E-state index contributed by atoms with van der Waals surface area (Å²) in [6, 6.07) is 11.1. The predicted molar refractivity (Wildman–Crippen MR) is 138 cm³/mol. The largest absolute Gasteiger partial charge is 0.495 e. The molecule has 0 atom stereocenters.